The first kappa shape index (κ1) is 15.2. The molecule has 5 nitrogen and oxygen atoms in total. The van der Waals surface area contributed by atoms with E-state index in [9.17, 15) is 4.79 Å². The molecular weight excluding hydrogens is 367 g/mol. The molecule has 0 atom stereocenters. The molecule has 3 N–H and O–H groups in total. The Morgan fingerprint density at radius 2 is 2.05 bits per heavy atom. The number of nitrogen functional groups attached to an aromatic ring is 1. The van der Waals surface area contributed by atoms with Gasteiger partial charge in [-0.25, -0.2) is 0 Å². The van der Waals surface area contributed by atoms with Crippen LogP contribution in [0, 0.1) is 6.92 Å². The fourth-order valence-corrected chi connectivity index (χ4v) is 2.57. The predicted octanol–water partition coefficient (Wildman–Crippen LogP) is 3.63. The van der Waals surface area contributed by atoms with Crippen molar-refractivity contribution in [3.05, 3.63) is 38.0 Å². The number of nitrogens with one attached hydrogen (secondary N) is 1. The van der Waals surface area contributed by atoms with Gasteiger partial charge in [-0.15, -0.1) is 0 Å². The lowest BCUT2D eigenvalue weighted by Crippen LogP contribution is -2.18. The number of halogens is 3. The molecule has 8 heteroatoms. The summed E-state index contributed by atoms with van der Waals surface area (Å²) in [5, 5.41) is 7.35. The number of nitrogens with two attached hydrogens (primary N) is 1. The zero-order valence-electron chi connectivity index (χ0n) is 10.7. The first-order valence-electron chi connectivity index (χ1n) is 5.56. The van der Waals surface area contributed by atoms with Gasteiger partial charge in [0.25, 0.3) is 5.91 Å². The number of hydrogen-bond acceptors (Lipinski definition) is 3. The number of aromatic nitrogens is 2. The normalized spacial score (nSPS) is 10.7. The highest BCUT2D eigenvalue weighted by Crippen LogP contribution is 2.36. The van der Waals surface area contributed by atoms with Crippen molar-refractivity contribution in [2.24, 2.45) is 7.05 Å². The van der Waals surface area contributed by atoms with Crippen LogP contribution in [-0.2, 0) is 7.05 Å². The highest BCUT2D eigenvalue weighted by atomic mass is 79.9. The average Bonchev–Trinajstić information content (AvgIpc) is 2.64. The van der Waals surface area contributed by atoms with E-state index in [1.165, 1.54) is 4.68 Å². The van der Waals surface area contributed by atoms with E-state index in [4.69, 9.17) is 28.9 Å². The quantitative estimate of drug-likeness (QED) is 0.784. The van der Waals surface area contributed by atoms with Gasteiger partial charge in [-0.3, -0.25) is 9.48 Å². The fourth-order valence-electron chi connectivity index (χ4n) is 1.75. The molecule has 0 aliphatic heterocycles. The number of carbonyl (C=O) groups is 1. The van der Waals surface area contributed by atoms with Gasteiger partial charge in [-0.05, 0) is 35.0 Å². The Kier molecular flexibility index (Phi) is 4.27. The third kappa shape index (κ3) is 2.63. The molecule has 1 aromatic heterocycles. The van der Waals surface area contributed by atoms with E-state index in [-0.39, 0.29) is 10.7 Å². The van der Waals surface area contributed by atoms with Crippen LogP contribution in [0.4, 0.5) is 11.4 Å². The van der Waals surface area contributed by atoms with E-state index in [2.05, 4.69) is 26.3 Å². The molecule has 0 saturated heterocycles. The summed E-state index contributed by atoms with van der Waals surface area (Å²) >= 11 is 15.3. The maximum Gasteiger partial charge on any atom is 0.276 e. The van der Waals surface area contributed by atoms with Crippen LogP contribution in [0.2, 0.25) is 10.0 Å². The predicted molar refractivity (Wildman–Crippen MR) is 84.5 cm³/mol. The Hall–Kier alpha value is -1.24. The van der Waals surface area contributed by atoms with E-state index in [1.54, 1.807) is 26.1 Å². The van der Waals surface area contributed by atoms with Crippen LogP contribution in [-0.4, -0.2) is 15.7 Å². The summed E-state index contributed by atoms with van der Waals surface area (Å²) < 4.78 is 2.08. The van der Waals surface area contributed by atoms with E-state index in [0.717, 1.165) is 0 Å². The Balaban J connectivity index is 2.35. The second-order valence-electron chi connectivity index (χ2n) is 4.15. The summed E-state index contributed by atoms with van der Waals surface area (Å²) in [4.78, 5) is 12.3. The molecule has 0 aliphatic rings. The van der Waals surface area contributed by atoms with Crippen molar-refractivity contribution >= 4 is 56.4 Å². The molecule has 0 radical (unpaired) electrons. The van der Waals surface area contributed by atoms with Crippen LogP contribution in [0.3, 0.4) is 0 Å². The maximum atomic E-state index is 12.3. The van der Waals surface area contributed by atoms with Gasteiger partial charge in [0.05, 0.1) is 27.1 Å². The molecule has 1 amide bonds. The van der Waals surface area contributed by atoms with Gasteiger partial charge in [-0.1, -0.05) is 23.2 Å². The van der Waals surface area contributed by atoms with Gasteiger partial charge in [0.2, 0.25) is 0 Å². The summed E-state index contributed by atoms with van der Waals surface area (Å²) in [5.74, 6) is -0.397. The van der Waals surface area contributed by atoms with Gasteiger partial charge in [-0.2, -0.15) is 5.10 Å². The minimum absolute atomic E-state index is 0.256. The van der Waals surface area contributed by atoms with Crippen LogP contribution in [0.15, 0.2) is 16.6 Å². The molecule has 20 heavy (non-hydrogen) atoms. The zero-order chi connectivity index (χ0) is 15.0. The standard InChI is InChI=1S/C12H11BrCl2N4O/c1-5-10(16)11(19(2)18-5)12(20)17-7-4-3-6(13)8(14)9(7)15/h3-4H,16H2,1-2H3,(H,17,20). The lowest BCUT2D eigenvalue weighted by molar-refractivity contribution is 0.101. The van der Waals surface area contributed by atoms with Crippen molar-refractivity contribution in [2.45, 2.75) is 6.92 Å². The molecule has 0 aliphatic carbocycles. The van der Waals surface area contributed by atoms with Crippen molar-refractivity contribution < 1.29 is 4.79 Å². The Labute approximate surface area is 134 Å². The maximum absolute atomic E-state index is 12.3. The van der Waals surface area contributed by atoms with E-state index < -0.39 is 5.91 Å². The van der Waals surface area contributed by atoms with Crippen molar-refractivity contribution in [1.29, 1.82) is 0 Å². The summed E-state index contributed by atoms with van der Waals surface area (Å²) in [5.41, 5.74) is 7.45. The smallest absolute Gasteiger partial charge is 0.276 e. The van der Waals surface area contributed by atoms with Crippen molar-refractivity contribution in [2.75, 3.05) is 11.1 Å². The lowest BCUT2D eigenvalue weighted by atomic mass is 10.2. The number of amides is 1. The molecule has 0 fully saturated rings. The molecule has 2 aromatic rings. The number of carbonyl (C=O) groups excluding carboxylic acids is 1. The first-order valence-corrected chi connectivity index (χ1v) is 7.11. The third-order valence-electron chi connectivity index (χ3n) is 2.77. The third-order valence-corrected chi connectivity index (χ3v) is 4.54. The van der Waals surface area contributed by atoms with E-state index in [0.29, 0.717) is 26.6 Å². The minimum atomic E-state index is -0.397. The molecular formula is C12H11BrCl2N4O. The second-order valence-corrected chi connectivity index (χ2v) is 5.76. The summed E-state index contributed by atoms with van der Waals surface area (Å²) in [7, 11) is 1.65. The zero-order valence-corrected chi connectivity index (χ0v) is 13.8. The second kappa shape index (κ2) is 5.63. The lowest BCUT2D eigenvalue weighted by Gasteiger charge is -2.10. The number of benzene rings is 1. The number of hydrogen-bond donors (Lipinski definition) is 2. The summed E-state index contributed by atoms with van der Waals surface area (Å²) in [6.07, 6.45) is 0. The topological polar surface area (TPSA) is 72.9 Å². The van der Waals surface area contributed by atoms with Gasteiger partial charge in [0, 0.05) is 11.5 Å². The van der Waals surface area contributed by atoms with Gasteiger partial charge < -0.3 is 11.1 Å². The largest absolute Gasteiger partial charge is 0.395 e. The molecule has 0 spiro atoms. The SMILES string of the molecule is Cc1nn(C)c(C(=O)Nc2ccc(Br)c(Cl)c2Cl)c1N. The van der Waals surface area contributed by atoms with Crippen LogP contribution in [0.5, 0.6) is 0 Å². The summed E-state index contributed by atoms with van der Waals surface area (Å²) in [6.45, 7) is 1.73. The monoisotopic (exact) mass is 376 g/mol. The fraction of sp³-hybridized carbons (Fsp3) is 0.167. The van der Waals surface area contributed by atoms with Crippen molar-refractivity contribution in [3.63, 3.8) is 0 Å². The molecule has 0 saturated carbocycles. The number of aryl methyl sites for hydroxylation is 2. The van der Waals surface area contributed by atoms with Crippen LogP contribution in [0.1, 0.15) is 16.2 Å². The van der Waals surface area contributed by atoms with Gasteiger partial charge >= 0.3 is 0 Å². The van der Waals surface area contributed by atoms with Crippen LogP contribution < -0.4 is 11.1 Å². The molecule has 0 unspecified atom stereocenters. The van der Waals surface area contributed by atoms with E-state index in [1.807, 2.05) is 0 Å². The minimum Gasteiger partial charge on any atom is -0.395 e. The number of nitrogens with zero attached hydrogens (tertiary/aromatic N) is 2. The Morgan fingerprint density at radius 1 is 1.40 bits per heavy atom. The summed E-state index contributed by atoms with van der Waals surface area (Å²) in [6, 6.07) is 3.34. The number of anilines is 2. The molecule has 1 heterocycles. The number of rotatable bonds is 2. The Morgan fingerprint density at radius 3 is 2.60 bits per heavy atom. The van der Waals surface area contributed by atoms with Crippen LogP contribution >= 0.6 is 39.1 Å². The van der Waals surface area contributed by atoms with Crippen molar-refractivity contribution in [1.82, 2.24) is 9.78 Å². The molecule has 106 valence electrons. The first-order chi connectivity index (χ1) is 9.32. The molecule has 1 aromatic carbocycles. The van der Waals surface area contributed by atoms with Crippen LogP contribution in [0.25, 0.3) is 0 Å². The molecule has 0 bridgehead atoms. The van der Waals surface area contributed by atoms with Gasteiger partial charge in [0.15, 0.2) is 0 Å². The molecule has 2 rings (SSSR count). The van der Waals surface area contributed by atoms with E-state index >= 15 is 0 Å². The average molecular weight is 378 g/mol. The Bertz CT molecular complexity index is 699. The highest BCUT2D eigenvalue weighted by molar-refractivity contribution is 9.10. The van der Waals surface area contributed by atoms with Gasteiger partial charge in [0.1, 0.15) is 5.69 Å². The highest BCUT2D eigenvalue weighted by Gasteiger charge is 2.19. The van der Waals surface area contributed by atoms with Crippen molar-refractivity contribution in [3.8, 4) is 0 Å².